The van der Waals surface area contributed by atoms with E-state index in [9.17, 15) is 18.0 Å². The minimum atomic E-state index is -3.65. The standard InChI is InChI=1S/C27H25N3O6S/c31-23(19-10-12-21(13-11-19)37(33,34)30-14-16-35-17-15-30)18-28-25-22-8-4-5-9-24(22)36-26(25)27(32)29-20-6-2-1-3-7-20/h1-13,28H,14-18H2,(H,29,32). The molecule has 0 saturated carbocycles. The molecule has 190 valence electrons. The molecule has 0 atom stereocenters. The number of amides is 1. The largest absolute Gasteiger partial charge is 0.449 e. The van der Waals surface area contributed by atoms with Crippen LogP contribution < -0.4 is 10.6 Å². The number of Topliss-reactive ketones (excluding diaryl/α,β-unsaturated/α-hetero) is 1. The van der Waals surface area contributed by atoms with Crippen LogP contribution in [0.25, 0.3) is 11.0 Å². The second-order valence-electron chi connectivity index (χ2n) is 8.44. The maximum atomic E-state index is 13.0. The summed E-state index contributed by atoms with van der Waals surface area (Å²) < 4.78 is 38.1. The van der Waals surface area contributed by atoms with Crippen molar-refractivity contribution >= 4 is 44.1 Å². The van der Waals surface area contributed by atoms with Gasteiger partial charge in [-0.3, -0.25) is 9.59 Å². The normalized spacial score (nSPS) is 14.4. The molecule has 1 saturated heterocycles. The summed E-state index contributed by atoms with van der Waals surface area (Å²) in [5.41, 5.74) is 1.87. The van der Waals surface area contributed by atoms with Crippen molar-refractivity contribution in [3.05, 3.63) is 90.2 Å². The summed E-state index contributed by atoms with van der Waals surface area (Å²) in [6, 6.07) is 22.0. The molecule has 37 heavy (non-hydrogen) atoms. The second kappa shape index (κ2) is 10.6. The number of carbonyl (C=O) groups excluding carboxylic acids is 2. The number of ether oxygens (including phenoxy) is 1. The van der Waals surface area contributed by atoms with Crippen LogP contribution in [-0.2, 0) is 14.8 Å². The number of para-hydroxylation sites is 2. The number of sulfonamides is 1. The highest BCUT2D eigenvalue weighted by atomic mass is 32.2. The van der Waals surface area contributed by atoms with Gasteiger partial charge in [0.25, 0.3) is 5.91 Å². The van der Waals surface area contributed by atoms with Crippen molar-refractivity contribution in [3.63, 3.8) is 0 Å². The number of rotatable bonds is 8. The highest BCUT2D eigenvalue weighted by molar-refractivity contribution is 7.89. The van der Waals surface area contributed by atoms with Gasteiger partial charge in [-0.05, 0) is 48.5 Å². The Balaban J connectivity index is 1.32. The van der Waals surface area contributed by atoms with Crippen molar-refractivity contribution in [2.75, 3.05) is 43.5 Å². The maximum Gasteiger partial charge on any atom is 0.293 e. The van der Waals surface area contributed by atoms with Gasteiger partial charge in [0.05, 0.1) is 30.3 Å². The lowest BCUT2D eigenvalue weighted by molar-refractivity contribution is 0.0730. The molecule has 0 aliphatic carbocycles. The van der Waals surface area contributed by atoms with E-state index in [1.54, 1.807) is 30.3 Å². The number of nitrogens with zero attached hydrogens (tertiary/aromatic N) is 1. The third-order valence-electron chi connectivity index (χ3n) is 6.04. The Morgan fingerprint density at radius 1 is 0.865 bits per heavy atom. The van der Waals surface area contributed by atoms with Gasteiger partial charge in [-0.15, -0.1) is 0 Å². The molecule has 1 aromatic heterocycles. The molecule has 2 N–H and O–H groups in total. The summed E-state index contributed by atoms with van der Waals surface area (Å²) >= 11 is 0. The number of fused-ring (bicyclic) bond motifs is 1. The molecule has 0 radical (unpaired) electrons. The van der Waals surface area contributed by atoms with Crippen LogP contribution in [0.5, 0.6) is 0 Å². The Bertz CT molecular complexity index is 1530. The van der Waals surface area contributed by atoms with E-state index in [1.165, 1.54) is 28.6 Å². The van der Waals surface area contributed by atoms with E-state index in [2.05, 4.69) is 10.6 Å². The van der Waals surface area contributed by atoms with Crippen LogP contribution in [0.3, 0.4) is 0 Å². The average molecular weight is 520 g/mol. The highest BCUT2D eigenvalue weighted by Crippen LogP contribution is 2.31. The maximum absolute atomic E-state index is 13.0. The van der Waals surface area contributed by atoms with E-state index < -0.39 is 15.9 Å². The third kappa shape index (κ3) is 5.26. The van der Waals surface area contributed by atoms with Gasteiger partial charge in [-0.1, -0.05) is 30.3 Å². The van der Waals surface area contributed by atoms with Crippen LogP contribution in [0.4, 0.5) is 11.4 Å². The summed E-state index contributed by atoms with van der Waals surface area (Å²) in [6.45, 7) is 1.19. The van der Waals surface area contributed by atoms with Crippen LogP contribution in [0.1, 0.15) is 20.9 Å². The van der Waals surface area contributed by atoms with E-state index in [0.29, 0.717) is 54.2 Å². The minimum absolute atomic E-state index is 0.0600. The smallest absolute Gasteiger partial charge is 0.293 e. The lowest BCUT2D eigenvalue weighted by atomic mass is 10.1. The summed E-state index contributed by atoms with van der Waals surface area (Å²) in [6.07, 6.45) is 0. The van der Waals surface area contributed by atoms with Gasteiger partial charge >= 0.3 is 0 Å². The van der Waals surface area contributed by atoms with Gasteiger partial charge in [0.1, 0.15) is 5.58 Å². The van der Waals surface area contributed by atoms with Gasteiger partial charge in [0.15, 0.2) is 5.78 Å². The molecule has 1 amide bonds. The number of furan rings is 1. The van der Waals surface area contributed by atoms with Crippen molar-refractivity contribution in [1.29, 1.82) is 0 Å². The Hall–Kier alpha value is -3.99. The molecule has 10 heteroatoms. The van der Waals surface area contributed by atoms with E-state index in [-0.39, 0.29) is 23.0 Å². The first kappa shape index (κ1) is 24.7. The minimum Gasteiger partial charge on any atom is -0.449 e. The monoisotopic (exact) mass is 519 g/mol. The lowest BCUT2D eigenvalue weighted by Gasteiger charge is -2.26. The molecule has 0 unspecified atom stereocenters. The zero-order valence-corrected chi connectivity index (χ0v) is 20.7. The predicted molar refractivity (Wildman–Crippen MR) is 139 cm³/mol. The molecule has 0 spiro atoms. The summed E-state index contributed by atoms with van der Waals surface area (Å²) in [7, 11) is -3.65. The van der Waals surface area contributed by atoms with Crippen LogP contribution in [-0.4, -0.2) is 57.3 Å². The molecule has 4 aromatic rings. The quantitative estimate of drug-likeness (QED) is 0.338. The van der Waals surface area contributed by atoms with Crippen molar-refractivity contribution in [3.8, 4) is 0 Å². The van der Waals surface area contributed by atoms with Gasteiger partial charge in [-0.25, -0.2) is 8.42 Å². The second-order valence-corrected chi connectivity index (χ2v) is 10.4. The summed E-state index contributed by atoms with van der Waals surface area (Å²) in [4.78, 5) is 26.0. The SMILES string of the molecule is O=C(CNc1c(C(=O)Nc2ccccc2)oc2ccccc12)c1ccc(S(=O)(=O)N2CCOCC2)cc1. The Morgan fingerprint density at radius 2 is 1.54 bits per heavy atom. The number of nitrogens with one attached hydrogen (secondary N) is 2. The predicted octanol–water partition coefficient (Wildman–Crippen LogP) is 4.00. The number of morpholine rings is 1. The van der Waals surface area contributed by atoms with Gasteiger partial charge in [0.2, 0.25) is 15.8 Å². The number of carbonyl (C=O) groups is 2. The number of benzene rings is 3. The van der Waals surface area contributed by atoms with E-state index in [1.807, 2.05) is 24.3 Å². The van der Waals surface area contributed by atoms with E-state index in [4.69, 9.17) is 9.15 Å². The van der Waals surface area contributed by atoms with Crippen LogP contribution in [0.2, 0.25) is 0 Å². The number of hydrogen-bond donors (Lipinski definition) is 2. The van der Waals surface area contributed by atoms with Gasteiger partial charge in [0, 0.05) is 29.7 Å². The fourth-order valence-corrected chi connectivity index (χ4v) is 5.52. The van der Waals surface area contributed by atoms with Crippen molar-refractivity contribution < 1.29 is 27.2 Å². The first-order valence-corrected chi connectivity index (χ1v) is 13.2. The molecular formula is C27H25N3O6S. The van der Waals surface area contributed by atoms with E-state index in [0.717, 1.165) is 0 Å². The zero-order chi connectivity index (χ0) is 25.8. The molecule has 9 nitrogen and oxygen atoms in total. The molecule has 0 bridgehead atoms. The lowest BCUT2D eigenvalue weighted by Crippen LogP contribution is -2.40. The molecular weight excluding hydrogens is 494 g/mol. The Labute approximate surface area is 214 Å². The summed E-state index contributed by atoms with van der Waals surface area (Å²) in [5, 5.41) is 6.52. The highest BCUT2D eigenvalue weighted by Gasteiger charge is 2.26. The number of anilines is 2. The van der Waals surface area contributed by atoms with Crippen LogP contribution in [0, 0.1) is 0 Å². The Kier molecular flexibility index (Phi) is 7.04. The zero-order valence-electron chi connectivity index (χ0n) is 19.8. The molecule has 1 fully saturated rings. The van der Waals surface area contributed by atoms with Crippen molar-refractivity contribution in [2.24, 2.45) is 0 Å². The van der Waals surface area contributed by atoms with Crippen molar-refractivity contribution in [2.45, 2.75) is 4.90 Å². The molecule has 5 rings (SSSR count). The molecule has 1 aliphatic heterocycles. The van der Waals surface area contributed by atoms with Crippen LogP contribution >= 0.6 is 0 Å². The molecule has 1 aliphatic rings. The number of hydrogen-bond acceptors (Lipinski definition) is 7. The molecule has 2 heterocycles. The van der Waals surface area contributed by atoms with Gasteiger partial charge < -0.3 is 19.8 Å². The van der Waals surface area contributed by atoms with Crippen LogP contribution in [0.15, 0.2) is 88.2 Å². The fraction of sp³-hybridized carbons (Fsp3) is 0.185. The Morgan fingerprint density at radius 3 is 2.27 bits per heavy atom. The average Bonchev–Trinajstić information content (AvgIpc) is 3.31. The first-order chi connectivity index (χ1) is 17.9. The van der Waals surface area contributed by atoms with E-state index >= 15 is 0 Å². The number of ketones is 1. The summed E-state index contributed by atoms with van der Waals surface area (Å²) in [5.74, 6) is -0.658. The van der Waals surface area contributed by atoms with Gasteiger partial charge in [-0.2, -0.15) is 4.31 Å². The fourth-order valence-electron chi connectivity index (χ4n) is 4.11. The third-order valence-corrected chi connectivity index (χ3v) is 7.96. The molecule has 3 aromatic carbocycles. The van der Waals surface area contributed by atoms with Crippen molar-refractivity contribution in [1.82, 2.24) is 4.31 Å². The topological polar surface area (TPSA) is 118 Å². The first-order valence-electron chi connectivity index (χ1n) is 11.8.